The third-order valence-corrected chi connectivity index (χ3v) is 6.72. The normalized spacial score (nSPS) is 30.0. The first-order valence-corrected chi connectivity index (χ1v) is 10.4. The Bertz CT molecular complexity index is 666. The van der Waals surface area contributed by atoms with E-state index < -0.39 is 0 Å². The van der Waals surface area contributed by atoms with Crippen LogP contribution < -0.4 is 10.2 Å². The van der Waals surface area contributed by atoms with Crippen LogP contribution in [0.2, 0.25) is 0 Å². The van der Waals surface area contributed by atoms with Crippen LogP contribution >= 0.6 is 0 Å². The molecule has 0 aromatic carbocycles. The van der Waals surface area contributed by atoms with Gasteiger partial charge in [-0.15, -0.1) is 0 Å². The highest BCUT2D eigenvalue weighted by atomic mass is 16.2. The van der Waals surface area contributed by atoms with Crippen LogP contribution in [0.5, 0.6) is 0 Å². The SMILES string of the molecule is CN1CCN(c2cc(NC3CCC(C)(N4CCCC4)CC3)ncn2)CC1=O. The number of anilines is 2. The number of nitrogens with zero attached hydrogens (tertiary/aromatic N) is 5. The van der Waals surface area contributed by atoms with Crippen molar-refractivity contribution in [2.75, 3.05) is 50.0 Å². The summed E-state index contributed by atoms with van der Waals surface area (Å²) in [5.41, 5.74) is 0.381. The minimum atomic E-state index is 0.142. The highest BCUT2D eigenvalue weighted by Gasteiger charge is 2.37. The standard InChI is InChI=1S/C20H32N6O/c1-20(26-9-3-4-10-26)7-5-16(6-8-20)23-17-13-18(22-15-21-17)25-12-11-24(2)19(27)14-25/h13,15-16H,3-12,14H2,1-2H3,(H,21,22,23). The highest BCUT2D eigenvalue weighted by molar-refractivity contribution is 5.82. The summed E-state index contributed by atoms with van der Waals surface area (Å²) in [6.07, 6.45) is 9.17. The molecule has 1 aromatic rings. The van der Waals surface area contributed by atoms with Crippen LogP contribution in [0.15, 0.2) is 12.4 Å². The van der Waals surface area contributed by atoms with Crippen molar-refractivity contribution < 1.29 is 4.79 Å². The number of hydrogen-bond donors (Lipinski definition) is 1. The van der Waals surface area contributed by atoms with E-state index in [4.69, 9.17) is 0 Å². The molecule has 27 heavy (non-hydrogen) atoms. The lowest BCUT2D eigenvalue weighted by Crippen LogP contribution is -2.49. The van der Waals surface area contributed by atoms with Crippen molar-refractivity contribution in [3.63, 3.8) is 0 Å². The third-order valence-electron chi connectivity index (χ3n) is 6.72. The summed E-state index contributed by atoms with van der Waals surface area (Å²) in [5.74, 6) is 1.86. The minimum absolute atomic E-state index is 0.142. The van der Waals surface area contributed by atoms with Crippen LogP contribution in [0.1, 0.15) is 45.4 Å². The van der Waals surface area contributed by atoms with Gasteiger partial charge in [-0.2, -0.15) is 0 Å². The second-order valence-corrected chi connectivity index (χ2v) is 8.61. The number of piperazine rings is 1. The van der Waals surface area contributed by atoms with Crippen LogP contribution in [0.4, 0.5) is 11.6 Å². The van der Waals surface area contributed by atoms with E-state index in [1.165, 1.54) is 51.6 Å². The van der Waals surface area contributed by atoms with Gasteiger partial charge in [0.05, 0.1) is 6.54 Å². The Morgan fingerprint density at radius 2 is 1.85 bits per heavy atom. The van der Waals surface area contributed by atoms with Gasteiger partial charge >= 0.3 is 0 Å². The molecule has 3 heterocycles. The van der Waals surface area contributed by atoms with Gasteiger partial charge in [-0.25, -0.2) is 9.97 Å². The molecule has 1 N–H and O–H groups in total. The number of carbonyl (C=O) groups is 1. The van der Waals surface area contributed by atoms with Gasteiger partial charge < -0.3 is 15.1 Å². The molecule has 0 spiro atoms. The van der Waals surface area contributed by atoms with Gasteiger partial charge in [-0.1, -0.05) is 0 Å². The molecule has 3 fully saturated rings. The average molecular weight is 373 g/mol. The first-order valence-electron chi connectivity index (χ1n) is 10.4. The number of likely N-dealkylation sites (N-methyl/N-ethyl adjacent to an activating group) is 1. The maximum Gasteiger partial charge on any atom is 0.241 e. The summed E-state index contributed by atoms with van der Waals surface area (Å²) < 4.78 is 0. The molecule has 2 aliphatic heterocycles. The highest BCUT2D eigenvalue weighted by Crippen LogP contribution is 2.36. The molecule has 3 aliphatic rings. The molecular weight excluding hydrogens is 340 g/mol. The molecule has 2 saturated heterocycles. The van der Waals surface area contributed by atoms with E-state index in [9.17, 15) is 4.79 Å². The summed E-state index contributed by atoms with van der Waals surface area (Å²) in [6.45, 7) is 6.94. The summed E-state index contributed by atoms with van der Waals surface area (Å²) >= 11 is 0. The zero-order chi connectivity index (χ0) is 18.9. The van der Waals surface area contributed by atoms with Crippen LogP contribution in [0.25, 0.3) is 0 Å². The molecule has 1 saturated carbocycles. The first kappa shape index (κ1) is 18.5. The van der Waals surface area contributed by atoms with Gasteiger partial charge in [-0.3, -0.25) is 9.69 Å². The van der Waals surface area contributed by atoms with Gasteiger partial charge in [0.1, 0.15) is 18.0 Å². The molecule has 0 unspecified atom stereocenters. The van der Waals surface area contributed by atoms with Crippen molar-refractivity contribution in [3.8, 4) is 0 Å². The van der Waals surface area contributed by atoms with E-state index in [0.717, 1.165) is 24.7 Å². The van der Waals surface area contributed by atoms with Crippen LogP contribution in [0, 0.1) is 0 Å². The van der Waals surface area contributed by atoms with Crippen molar-refractivity contribution in [1.29, 1.82) is 0 Å². The maximum absolute atomic E-state index is 12.0. The smallest absolute Gasteiger partial charge is 0.241 e. The van der Waals surface area contributed by atoms with Crippen molar-refractivity contribution in [3.05, 3.63) is 12.4 Å². The van der Waals surface area contributed by atoms with Crippen LogP contribution in [-0.4, -0.2) is 77.0 Å². The Kier molecular flexibility index (Phi) is 5.21. The Labute approximate surface area is 162 Å². The summed E-state index contributed by atoms with van der Waals surface area (Å²) in [4.78, 5) is 27.3. The molecule has 148 valence electrons. The molecule has 1 aliphatic carbocycles. The fraction of sp³-hybridized carbons (Fsp3) is 0.750. The Balaban J connectivity index is 1.34. The van der Waals surface area contributed by atoms with E-state index in [-0.39, 0.29) is 5.91 Å². The fourth-order valence-electron chi connectivity index (χ4n) is 4.72. The molecule has 0 atom stereocenters. The number of amides is 1. The second kappa shape index (κ2) is 7.62. The molecule has 7 heteroatoms. The molecule has 4 rings (SSSR count). The lowest BCUT2D eigenvalue weighted by Gasteiger charge is -2.44. The van der Waals surface area contributed by atoms with Crippen molar-refractivity contribution in [2.45, 2.75) is 57.0 Å². The van der Waals surface area contributed by atoms with E-state index in [1.54, 1.807) is 11.2 Å². The molecule has 0 bridgehead atoms. The van der Waals surface area contributed by atoms with Gasteiger partial charge in [-0.05, 0) is 58.5 Å². The molecule has 1 aromatic heterocycles. The summed E-state index contributed by atoms with van der Waals surface area (Å²) in [6, 6.07) is 2.46. The van der Waals surface area contributed by atoms with E-state index in [2.05, 4.69) is 27.1 Å². The maximum atomic E-state index is 12.0. The third kappa shape index (κ3) is 4.03. The van der Waals surface area contributed by atoms with Gasteiger partial charge in [0, 0.05) is 37.8 Å². The van der Waals surface area contributed by atoms with Crippen molar-refractivity contribution >= 4 is 17.5 Å². The number of aromatic nitrogens is 2. The minimum Gasteiger partial charge on any atom is -0.367 e. The number of carbonyl (C=O) groups excluding carboxylic acids is 1. The Hall–Kier alpha value is -1.89. The molecular formula is C20H32N6O. The number of nitrogens with one attached hydrogen (secondary N) is 1. The fourth-order valence-corrected chi connectivity index (χ4v) is 4.72. The predicted molar refractivity (Wildman–Crippen MR) is 107 cm³/mol. The molecule has 0 radical (unpaired) electrons. The Morgan fingerprint density at radius 1 is 1.11 bits per heavy atom. The number of rotatable bonds is 4. The Morgan fingerprint density at radius 3 is 2.56 bits per heavy atom. The predicted octanol–water partition coefficient (Wildman–Crippen LogP) is 1.96. The second-order valence-electron chi connectivity index (χ2n) is 8.61. The zero-order valence-electron chi connectivity index (χ0n) is 16.7. The average Bonchev–Trinajstić information content (AvgIpc) is 3.22. The zero-order valence-corrected chi connectivity index (χ0v) is 16.7. The lowest BCUT2D eigenvalue weighted by molar-refractivity contribution is -0.129. The summed E-state index contributed by atoms with van der Waals surface area (Å²) in [7, 11) is 1.85. The van der Waals surface area contributed by atoms with E-state index >= 15 is 0 Å². The topological polar surface area (TPSA) is 64.6 Å². The number of hydrogen-bond acceptors (Lipinski definition) is 6. The van der Waals surface area contributed by atoms with Crippen LogP contribution in [-0.2, 0) is 4.79 Å². The van der Waals surface area contributed by atoms with Gasteiger partial charge in [0.25, 0.3) is 0 Å². The largest absolute Gasteiger partial charge is 0.367 e. The van der Waals surface area contributed by atoms with Crippen LogP contribution in [0.3, 0.4) is 0 Å². The monoisotopic (exact) mass is 372 g/mol. The van der Waals surface area contributed by atoms with E-state index in [1.807, 2.05) is 18.0 Å². The van der Waals surface area contributed by atoms with Crippen molar-refractivity contribution in [2.24, 2.45) is 0 Å². The van der Waals surface area contributed by atoms with Gasteiger partial charge in [0.2, 0.25) is 5.91 Å². The van der Waals surface area contributed by atoms with E-state index in [0.29, 0.717) is 18.1 Å². The first-order chi connectivity index (χ1) is 13.0. The summed E-state index contributed by atoms with van der Waals surface area (Å²) in [5, 5.41) is 3.62. The molecule has 7 nitrogen and oxygen atoms in total. The lowest BCUT2D eigenvalue weighted by atomic mass is 9.79. The quantitative estimate of drug-likeness (QED) is 0.872. The number of likely N-dealkylation sites (tertiary alicyclic amines) is 1. The van der Waals surface area contributed by atoms with Crippen molar-refractivity contribution in [1.82, 2.24) is 19.8 Å². The van der Waals surface area contributed by atoms with Gasteiger partial charge in [0.15, 0.2) is 0 Å². The molecule has 1 amide bonds.